The van der Waals surface area contributed by atoms with Crippen molar-refractivity contribution in [1.82, 2.24) is 10.2 Å². The number of hydrogen-bond acceptors (Lipinski definition) is 3. The molecule has 1 aliphatic rings. The average Bonchev–Trinajstić information content (AvgIpc) is 2.43. The van der Waals surface area contributed by atoms with Crippen LogP contribution in [0.5, 0.6) is 0 Å². The molecule has 0 aromatic heterocycles. The maximum absolute atomic E-state index is 12.4. The van der Waals surface area contributed by atoms with Crippen molar-refractivity contribution in [3.05, 3.63) is 0 Å². The lowest BCUT2D eigenvalue weighted by atomic mass is 9.87. The maximum Gasteiger partial charge on any atom is 0.244 e. The van der Waals surface area contributed by atoms with E-state index in [0.717, 1.165) is 12.8 Å². The Bertz CT molecular complexity index is 371. The topological polar surface area (TPSA) is 69.6 Å². The Morgan fingerprint density at radius 2 is 1.86 bits per heavy atom. The number of nitrogens with one attached hydrogen (secondary N) is 1. The van der Waals surface area contributed by atoms with Gasteiger partial charge >= 0.3 is 0 Å². The first-order valence-corrected chi connectivity index (χ1v) is 8.53. The van der Waals surface area contributed by atoms with Gasteiger partial charge in [0.25, 0.3) is 0 Å². The number of nitrogens with zero attached hydrogens (tertiary/aromatic N) is 1. The Morgan fingerprint density at radius 3 is 2.36 bits per heavy atom. The molecule has 0 aromatic carbocycles. The summed E-state index contributed by atoms with van der Waals surface area (Å²) < 4.78 is 0. The summed E-state index contributed by atoms with van der Waals surface area (Å²) >= 11 is 0. The van der Waals surface area contributed by atoms with E-state index in [1.807, 2.05) is 6.92 Å². The molecule has 5 heteroatoms. The summed E-state index contributed by atoms with van der Waals surface area (Å²) in [6.07, 6.45) is 6.46. The molecular formula is C17H32N2O3. The summed E-state index contributed by atoms with van der Waals surface area (Å²) in [5.74, 6) is 0.295. The summed E-state index contributed by atoms with van der Waals surface area (Å²) in [6.45, 7) is 7.73. The molecule has 2 N–H and O–H groups in total. The van der Waals surface area contributed by atoms with Gasteiger partial charge in [0, 0.05) is 19.5 Å². The smallest absolute Gasteiger partial charge is 0.244 e. The van der Waals surface area contributed by atoms with Crippen LogP contribution in [0, 0.1) is 5.92 Å². The molecule has 22 heavy (non-hydrogen) atoms. The molecule has 5 nitrogen and oxygen atoms in total. The summed E-state index contributed by atoms with van der Waals surface area (Å²) in [5.41, 5.74) is -0.933. The molecule has 1 rings (SSSR count). The number of carbonyl (C=O) groups is 2. The fourth-order valence-electron chi connectivity index (χ4n) is 3.10. The first kappa shape index (κ1) is 18.9. The number of carbonyl (C=O) groups excluding carboxylic acids is 2. The van der Waals surface area contributed by atoms with Crippen molar-refractivity contribution in [2.45, 2.75) is 77.9 Å². The predicted molar refractivity (Wildman–Crippen MR) is 87.3 cm³/mol. The van der Waals surface area contributed by atoms with Crippen LogP contribution in [0.2, 0.25) is 0 Å². The lowest BCUT2D eigenvalue weighted by Gasteiger charge is -2.30. The highest BCUT2D eigenvalue weighted by molar-refractivity contribution is 5.87. The summed E-state index contributed by atoms with van der Waals surface area (Å²) in [7, 11) is 0. The molecule has 128 valence electrons. The van der Waals surface area contributed by atoms with E-state index >= 15 is 0 Å². The van der Waals surface area contributed by atoms with Crippen LogP contribution >= 0.6 is 0 Å². The molecule has 1 unspecified atom stereocenters. The van der Waals surface area contributed by atoms with Crippen LogP contribution in [0.15, 0.2) is 0 Å². The summed E-state index contributed by atoms with van der Waals surface area (Å²) in [6, 6.07) is -0.543. The zero-order valence-electron chi connectivity index (χ0n) is 14.5. The molecule has 0 heterocycles. The van der Waals surface area contributed by atoms with E-state index in [0.29, 0.717) is 18.9 Å². The van der Waals surface area contributed by atoms with E-state index in [4.69, 9.17) is 0 Å². The monoisotopic (exact) mass is 312 g/mol. The van der Waals surface area contributed by atoms with E-state index in [-0.39, 0.29) is 18.4 Å². The van der Waals surface area contributed by atoms with Crippen LogP contribution in [0.4, 0.5) is 0 Å². The second kappa shape index (κ2) is 8.51. The van der Waals surface area contributed by atoms with Crippen LogP contribution < -0.4 is 5.32 Å². The largest absolute Gasteiger partial charge is 0.389 e. The molecular weight excluding hydrogens is 280 g/mol. The number of aliphatic hydroxyl groups is 1. The van der Waals surface area contributed by atoms with Gasteiger partial charge in [-0.2, -0.15) is 0 Å². The van der Waals surface area contributed by atoms with Crippen molar-refractivity contribution in [2.24, 2.45) is 5.92 Å². The average molecular weight is 312 g/mol. The molecule has 1 fully saturated rings. The minimum absolute atomic E-state index is 0.0351. The lowest BCUT2D eigenvalue weighted by molar-refractivity contribution is -0.138. The number of hydrogen-bond donors (Lipinski definition) is 2. The number of amides is 2. The van der Waals surface area contributed by atoms with E-state index < -0.39 is 11.6 Å². The summed E-state index contributed by atoms with van der Waals surface area (Å²) in [5, 5.41) is 12.7. The Morgan fingerprint density at radius 1 is 1.27 bits per heavy atom. The van der Waals surface area contributed by atoms with Crippen molar-refractivity contribution < 1.29 is 14.7 Å². The van der Waals surface area contributed by atoms with E-state index in [1.165, 1.54) is 19.3 Å². The van der Waals surface area contributed by atoms with Gasteiger partial charge in [-0.25, -0.2) is 0 Å². The van der Waals surface area contributed by atoms with Gasteiger partial charge in [-0.15, -0.1) is 0 Å². The van der Waals surface area contributed by atoms with Crippen molar-refractivity contribution in [2.75, 3.05) is 13.1 Å². The summed E-state index contributed by atoms with van der Waals surface area (Å²) in [4.78, 5) is 26.1. The highest BCUT2D eigenvalue weighted by Crippen LogP contribution is 2.26. The van der Waals surface area contributed by atoms with Gasteiger partial charge in [0.15, 0.2) is 0 Å². The number of rotatable bonds is 7. The molecule has 2 amide bonds. The quantitative estimate of drug-likeness (QED) is 0.756. The minimum Gasteiger partial charge on any atom is -0.389 e. The Labute approximate surface area is 134 Å². The van der Waals surface area contributed by atoms with Gasteiger partial charge in [-0.3, -0.25) is 9.59 Å². The predicted octanol–water partition coefficient (Wildman–Crippen LogP) is 2.08. The molecule has 1 atom stereocenters. The zero-order valence-corrected chi connectivity index (χ0v) is 14.5. The second-order valence-corrected chi connectivity index (χ2v) is 7.16. The van der Waals surface area contributed by atoms with Gasteiger partial charge in [-0.05, 0) is 46.5 Å². The molecule has 1 aliphatic carbocycles. The Kier molecular flexibility index (Phi) is 7.33. The molecule has 0 aromatic rings. The van der Waals surface area contributed by atoms with E-state index in [2.05, 4.69) is 5.32 Å². The zero-order chi connectivity index (χ0) is 16.8. The third-order valence-electron chi connectivity index (χ3n) is 4.22. The SMILES string of the molecule is CCN(CC(C)(C)O)C(=O)C(C)NC(=O)CC1CCCCC1. The highest BCUT2D eigenvalue weighted by atomic mass is 16.3. The number of likely N-dealkylation sites (N-methyl/N-ethyl adjacent to an activating group) is 1. The van der Waals surface area contributed by atoms with E-state index in [1.54, 1.807) is 25.7 Å². The van der Waals surface area contributed by atoms with Gasteiger partial charge in [0.05, 0.1) is 5.60 Å². The molecule has 1 saturated carbocycles. The van der Waals surface area contributed by atoms with Gasteiger partial charge in [-0.1, -0.05) is 19.3 Å². The van der Waals surface area contributed by atoms with Gasteiger partial charge in [0.2, 0.25) is 11.8 Å². The van der Waals surface area contributed by atoms with Crippen LogP contribution in [-0.2, 0) is 9.59 Å². The van der Waals surface area contributed by atoms with Gasteiger partial charge in [0.1, 0.15) is 6.04 Å². The second-order valence-electron chi connectivity index (χ2n) is 7.16. The third kappa shape index (κ3) is 6.77. The van der Waals surface area contributed by atoms with E-state index in [9.17, 15) is 14.7 Å². The molecule has 0 aliphatic heterocycles. The van der Waals surface area contributed by atoms with Crippen LogP contribution in [0.25, 0.3) is 0 Å². The Balaban J connectivity index is 2.45. The highest BCUT2D eigenvalue weighted by Gasteiger charge is 2.26. The van der Waals surface area contributed by atoms with Crippen LogP contribution in [0.3, 0.4) is 0 Å². The first-order valence-electron chi connectivity index (χ1n) is 8.53. The fourth-order valence-corrected chi connectivity index (χ4v) is 3.10. The first-order chi connectivity index (χ1) is 10.2. The minimum atomic E-state index is -0.933. The maximum atomic E-state index is 12.4. The van der Waals surface area contributed by atoms with Crippen LogP contribution in [-0.4, -0.2) is 46.6 Å². The Hall–Kier alpha value is -1.10. The van der Waals surface area contributed by atoms with Crippen molar-refractivity contribution in [3.8, 4) is 0 Å². The molecule has 0 spiro atoms. The normalized spacial score (nSPS) is 17.9. The molecule has 0 radical (unpaired) electrons. The fraction of sp³-hybridized carbons (Fsp3) is 0.882. The molecule has 0 saturated heterocycles. The third-order valence-corrected chi connectivity index (χ3v) is 4.22. The molecule has 0 bridgehead atoms. The van der Waals surface area contributed by atoms with Crippen molar-refractivity contribution in [3.63, 3.8) is 0 Å². The van der Waals surface area contributed by atoms with Crippen molar-refractivity contribution >= 4 is 11.8 Å². The van der Waals surface area contributed by atoms with Crippen LogP contribution in [0.1, 0.15) is 66.2 Å². The standard InChI is InChI=1S/C17H32N2O3/c1-5-19(12-17(3,4)22)16(21)13(2)18-15(20)11-14-9-7-6-8-10-14/h13-14,22H,5-12H2,1-4H3,(H,18,20). The van der Waals surface area contributed by atoms with Crippen molar-refractivity contribution in [1.29, 1.82) is 0 Å². The lowest BCUT2D eigenvalue weighted by Crippen LogP contribution is -2.50. The van der Waals surface area contributed by atoms with Gasteiger partial charge < -0.3 is 15.3 Å².